The van der Waals surface area contributed by atoms with Crippen molar-refractivity contribution < 1.29 is 9.13 Å². The summed E-state index contributed by atoms with van der Waals surface area (Å²) in [5.41, 5.74) is 7.13. The number of ether oxygens (including phenoxy) is 1. The van der Waals surface area contributed by atoms with Crippen LogP contribution in [-0.2, 0) is 0 Å². The first-order valence-corrected chi connectivity index (χ1v) is 6.37. The van der Waals surface area contributed by atoms with Crippen molar-refractivity contribution in [2.45, 2.75) is 13.0 Å². The summed E-state index contributed by atoms with van der Waals surface area (Å²) in [6.45, 7) is 2.11. The molecule has 0 spiro atoms. The maximum Gasteiger partial charge on any atom is 0.139 e. The standard InChI is InChI=1S/C15H15ClFNO/c1-10-6-7-14(12(16)8-10)19-15(9-18)11-4-2-3-5-13(11)17/h2-8,15H,9,18H2,1H3. The van der Waals surface area contributed by atoms with Gasteiger partial charge >= 0.3 is 0 Å². The van der Waals surface area contributed by atoms with E-state index in [1.54, 1.807) is 30.3 Å². The highest BCUT2D eigenvalue weighted by atomic mass is 35.5. The van der Waals surface area contributed by atoms with E-state index in [0.717, 1.165) is 5.56 Å². The smallest absolute Gasteiger partial charge is 0.139 e. The molecule has 2 aromatic carbocycles. The maximum atomic E-state index is 13.7. The van der Waals surface area contributed by atoms with E-state index in [9.17, 15) is 4.39 Å². The van der Waals surface area contributed by atoms with Crippen LogP contribution in [0.2, 0.25) is 5.02 Å². The fourth-order valence-electron chi connectivity index (χ4n) is 1.83. The lowest BCUT2D eigenvalue weighted by atomic mass is 10.1. The van der Waals surface area contributed by atoms with Gasteiger partial charge in [-0.1, -0.05) is 35.9 Å². The zero-order chi connectivity index (χ0) is 13.8. The molecule has 0 aliphatic heterocycles. The van der Waals surface area contributed by atoms with Crippen LogP contribution in [-0.4, -0.2) is 6.54 Å². The molecule has 0 aliphatic carbocycles. The second kappa shape index (κ2) is 6.04. The molecule has 2 aromatic rings. The summed E-state index contributed by atoms with van der Waals surface area (Å²) in [6.07, 6.45) is -0.554. The molecular weight excluding hydrogens is 265 g/mol. The molecule has 19 heavy (non-hydrogen) atoms. The third-order valence-corrected chi connectivity index (χ3v) is 3.12. The Bertz CT molecular complexity index is 574. The van der Waals surface area contributed by atoms with Gasteiger partial charge in [0.2, 0.25) is 0 Å². The molecule has 100 valence electrons. The first-order valence-electron chi connectivity index (χ1n) is 5.99. The van der Waals surface area contributed by atoms with Crippen molar-refractivity contribution in [3.05, 3.63) is 64.4 Å². The molecule has 2 N–H and O–H groups in total. The second-order valence-corrected chi connectivity index (χ2v) is 4.70. The normalized spacial score (nSPS) is 12.2. The lowest BCUT2D eigenvalue weighted by Gasteiger charge is -2.19. The highest BCUT2D eigenvalue weighted by Crippen LogP contribution is 2.30. The third-order valence-electron chi connectivity index (χ3n) is 2.82. The van der Waals surface area contributed by atoms with Gasteiger partial charge in [-0.2, -0.15) is 0 Å². The number of benzene rings is 2. The number of aryl methyl sites for hydroxylation is 1. The monoisotopic (exact) mass is 279 g/mol. The summed E-state index contributed by atoms with van der Waals surface area (Å²) in [5.74, 6) is 0.173. The van der Waals surface area contributed by atoms with Gasteiger partial charge < -0.3 is 10.5 Å². The molecule has 1 atom stereocenters. The summed E-state index contributed by atoms with van der Waals surface area (Å²) in [4.78, 5) is 0. The van der Waals surface area contributed by atoms with E-state index in [4.69, 9.17) is 22.1 Å². The van der Waals surface area contributed by atoms with Crippen molar-refractivity contribution in [3.63, 3.8) is 0 Å². The van der Waals surface area contributed by atoms with Crippen molar-refractivity contribution in [1.82, 2.24) is 0 Å². The SMILES string of the molecule is Cc1ccc(OC(CN)c2ccccc2F)c(Cl)c1. The lowest BCUT2D eigenvalue weighted by molar-refractivity contribution is 0.209. The Hall–Kier alpha value is -1.58. The van der Waals surface area contributed by atoms with Crippen LogP contribution in [0.1, 0.15) is 17.2 Å². The van der Waals surface area contributed by atoms with Crippen LogP contribution in [0.25, 0.3) is 0 Å². The first-order chi connectivity index (χ1) is 9.11. The molecule has 0 saturated heterocycles. The maximum absolute atomic E-state index is 13.7. The van der Waals surface area contributed by atoms with Crippen molar-refractivity contribution in [3.8, 4) is 5.75 Å². The van der Waals surface area contributed by atoms with E-state index in [1.165, 1.54) is 6.07 Å². The molecule has 0 aliphatic rings. The average Bonchev–Trinajstić information content (AvgIpc) is 2.39. The van der Waals surface area contributed by atoms with E-state index in [0.29, 0.717) is 16.3 Å². The molecule has 1 unspecified atom stereocenters. The van der Waals surface area contributed by atoms with Gasteiger partial charge in [0.1, 0.15) is 17.7 Å². The van der Waals surface area contributed by atoms with Crippen molar-refractivity contribution >= 4 is 11.6 Å². The first kappa shape index (κ1) is 13.8. The Morgan fingerprint density at radius 2 is 2.00 bits per heavy atom. The minimum absolute atomic E-state index is 0.172. The lowest BCUT2D eigenvalue weighted by Crippen LogP contribution is -2.19. The van der Waals surface area contributed by atoms with Gasteiger partial charge in [-0.25, -0.2) is 4.39 Å². The van der Waals surface area contributed by atoms with E-state index >= 15 is 0 Å². The van der Waals surface area contributed by atoms with Crippen LogP contribution >= 0.6 is 11.6 Å². The van der Waals surface area contributed by atoms with Gasteiger partial charge in [0.05, 0.1) is 5.02 Å². The molecule has 0 bridgehead atoms. The van der Waals surface area contributed by atoms with Gasteiger partial charge in [0.15, 0.2) is 0 Å². The minimum atomic E-state index is -0.554. The molecule has 0 radical (unpaired) electrons. The number of hydrogen-bond acceptors (Lipinski definition) is 2. The Balaban J connectivity index is 2.27. The molecule has 0 saturated carbocycles. The number of rotatable bonds is 4. The fourth-order valence-corrected chi connectivity index (χ4v) is 2.11. The molecule has 0 amide bonds. The van der Waals surface area contributed by atoms with Crippen LogP contribution in [0.3, 0.4) is 0 Å². The zero-order valence-electron chi connectivity index (χ0n) is 10.6. The predicted molar refractivity (Wildman–Crippen MR) is 75.0 cm³/mol. The Kier molecular flexibility index (Phi) is 4.40. The van der Waals surface area contributed by atoms with E-state index in [1.807, 2.05) is 13.0 Å². The van der Waals surface area contributed by atoms with Crippen molar-refractivity contribution in [2.24, 2.45) is 5.73 Å². The average molecular weight is 280 g/mol. The number of hydrogen-bond donors (Lipinski definition) is 1. The molecule has 4 heteroatoms. The Labute approximate surface area is 117 Å². The Morgan fingerprint density at radius 1 is 1.26 bits per heavy atom. The molecular formula is C15H15ClFNO. The van der Waals surface area contributed by atoms with Crippen LogP contribution in [0, 0.1) is 12.7 Å². The molecule has 0 heterocycles. The third kappa shape index (κ3) is 3.25. The van der Waals surface area contributed by atoms with Crippen molar-refractivity contribution in [2.75, 3.05) is 6.54 Å². The summed E-state index contributed by atoms with van der Waals surface area (Å²) in [6, 6.07) is 11.9. The zero-order valence-corrected chi connectivity index (χ0v) is 11.3. The summed E-state index contributed by atoms with van der Waals surface area (Å²) in [5, 5.41) is 0.495. The molecule has 0 aromatic heterocycles. The highest BCUT2D eigenvalue weighted by molar-refractivity contribution is 6.32. The minimum Gasteiger partial charge on any atom is -0.483 e. The van der Waals surface area contributed by atoms with Gasteiger partial charge in [0, 0.05) is 12.1 Å². The number of halogens is 2. The largest absolute Gasteiger partial charge is 0.483 e. The number of nitrogens with two attached hydrogens (primary N) is 1. The van der Waals surface area contributed by atoms with Crippen LogP contribution in [0.4, 0.5) is 4.39 Å². The molecule has 2 rings (SSSR count). The Morgan fingerprint density at radius 3 is 2.63 bits per heavy atom. The topological polar surface area (TPSA) is 35.2 Å². The quantitative estimate of drug-likeness (QED) is 0.922. The van der Waals surface area contributed by atoms with Crippen LogP contribution < -0.4 is 10.5 Å². The van der Waals surface area contributed by atoms with E-state index in [2.05, 4.69) is 0 Å². The predicted octanol–water partition coefficient (Wildman–Crippen LogP) is 3.87. The second-order valence-electron chi connectivity index (χ2n) is 4.30. The molecule has 0 fully saturated rings. The highest BCUT2D eigenvalue weighted by Gasteiger charge is 2.16. The van der Waals surface area contributed by atoms with Crippen molar-refractivity contribution in [1.29, 1.82) is 0 Å². The summed E-state index contributed by atoms with van der Waals surface area (Å²) < 4.78 is 19.4. The molecule has 2 nitrogen and oxygen atoms in total. The van der Waals surface area contributed by atoms with Gasteiger partial charge in [-0.15, -0.1) is 0 Å². The summed E-state index contributed by atoms with van der Waals surface area (Å²) in [7, 11) is 0. The fraction of sp³-hybridized carbons (Fsp3) is 0.200. The van der Waals surface area contributed by atoms with Crippen LogP contribution in [0.15, 0.2) is 42.5 Å². The van der Waals surface area contributed by atoms with Crippen LogP contribution in [0.5, 0.6) is 5.75 Å². The van der Waals surface area contributed by atoms with E-state index in [-0.39, 0.29) is 12.4 Å². The summed E-state index contributed by atoms with van der Waals surface area (Å²) >= 11 is 6.10. The van der Waals surface area contributed by atoms with Gasteiger partial charge in [0.25, 0.3) is 0 Å². The van der Waals surface area contributed by atoms with Gasteiger partial charge in [-0.3, -0.25) is 0 Å². The van der Waals surface area contributed by atoms with E-state index < -0.39 is 6.10 Å². The van der Waals surface area contributed by atoms with Gasteiger partial charge in [-0.05, 0) is 30.7 Å².